The number of nitrogens with two attached hydrogens (primary N) is 1. The minimum atomic E-state index is -0.385. The highest BCUT2D eigenvalue weighted by Crippen LogP contribution is 2.31. The summed E-state index contributed by atoms with van der Waals surface area (Å²) in [6.07, 6.45) is 0. The lowest BCUT2D eigenvalue weighted by molar-refractivity contribution is -0.384. The molecule has 2 aromatic rings. The van der Waals surface area contributed by atoms with E-state index in [1.54, 1.807) is 23.5 Å². The summed E-state index contributed by atoms with van der Waals surface area (Å²) in [4.78, 5) is 11.3. The van der Waals surface area contributed by atoms with Crippen LogP contribution in [-0.4, -0.2) is 4.92 Å². The Bertz CT molecular complexity index is 549. The average molecular weight is 248 g/mol. The molecule has 1 unspecified atom stereocenters. The summed E-state index contributed by atoms with van der Waals surface area (Å²) < 4.78 is 0. The predicted molar refractivity (Wildman–Crippen MR) is 69.0 cm³/mol. The molecule has 2 rings (SSSR count). The van der Waals surface area contributed by atoms with Crippen molar-refractivity contribution in [2.45, 2.75) is 13.0 Å². The number of non-ortho nitro benzene ring substituents is 1. The fourth-order valence-corrected chi connectivity index (χ4v) is 2.53. The topological polar surface area (TPSA) is 69.2 Å². The molecular weight excluding hydrogens is 236 g/mol. The number of rotatable bonds is 3. The van der Waals surface area contributed by atoms with Gasteiger partial charge in [-0.3, -0.25) is 10.1 Å². The Morgan fingerprint density at radius 2 is 2.18 bits per heavy atom. The van der Waals surface area contributed by atoms with Crippen molar-refractivity contribution in [3.8, 4) is 10.4 Å². The molecule has 0 fully saturated rings. The van der Waals surface area contributed by atoms with E-state index in [9.17, 15) is 10.1 Å². The molecule has 0 amide bonds. The van der Waals surface area contributed by atoms with E-state index in [-0.39, 0.29) is 16.7 Å². The first-order valence-corrected chi connectivity index (χ1v) is 6.04. The minimum Gasteiger partial charge on any atom is -0.324 e. The molecule has 1 heterocycles. The smallest absolute Gasteiger partial charge is 0.270 e. The Balaban J connectivity index is 2.38. The highest BCUT2D eigenvalue weighted by Gasteiger charge is 2.09. The van der Waals surface area contributed by atoms with Gasteiger partial charge in [0, 0.05) is 23.1 Å². The van der Waals surface area contributed by atoms with Crippen molar-refractivity contribution in [3.63, 3.8) is 0 Å². The number of hydrogen-bond acceptors (Lipinski definition) is 4. The molecule has 0 aliphatic rings. The molecule has 5 heteroatoms. The third kappa shape index (κ3) is 2.51. The fourth-order valence-electron chi connectivity index (χ4n) is 1.51. The molecule has 2 N–H and O–H groups in total. The van der Waals surface area contributed by atoms with Crippen LogP contribution in [0.1, 0.15) is 18.5 Å². The molecule has 0 saturated heterocycles. The number of nitro benzene ring substituents is 1. The maximum atomic E-state index is 10.7. The van der Waals surface area contributed by atoms with Crippen LogP contribution in [0.15, 0.2) is 35.7 Å². The Morgan fingerprint density at radius 3 is 2.76 bits per heavy atom. The molecule has 4 nitrogen and oxygen atoms in total. The maximum Gasteiger partial charge on any atom is 0.270 e. The number of thiophene rings is 1. The van der Waals surface area contributed by atoms with Gasteiger partial charge in [0.15, 0.2) is 0 Å². The van der Waals surface area contributed by atoms with Gasteiger partial charge in [0.1, 0.15) is 0 Å². The molecule has 1 aromatic heterocycles. The van der Waals surface area contributed by atoms with E-state index in [4.69, 9.17) is 5.73 Å². The van der Waals surface area contributed by atoms with Crippen LogP contribution < -0.4 is 5.73 Å². The SMILES string of the molecule is CC(N)c1csc(-c2cccc([N+](=O)[O-])c2)c1. The van der Waals surface area contributed by atoms with Crippen molar-refractivity contribution >= 4 is 17.0 Å². The van der Waals surface area contributed by atoms with Gasteiger partial charge in [-0.2, -0.15) is 0 Å². The van der Waals surface area contributed by atoms with E-state index in [1.807, 2.05) is 24.4 Å². The van der Waals surface area contributed by atoms with Crippen molar-refractivity contribution in [2.24, 2.45) is 5.73 Å². The number of hydrogen-bond donors (Lipinski definition) is 1. The number of nitro groups is 1. The van der Waals surface area contributed by atoms with Gasteiger partial charge in [0.2, 0.25) is 0 Å². The fraction of sp³-hybridized carbons (Fsp3) is 0.167. The van der Waals surface area contributed by atoms with Crippen molar-refractivity contribution in [1.82, 2.24) is 0 Å². The molecule has 0 radical (unpaired) electrons. The molecule has 0 bridgehead atoms. The van der Waals surface area contributed by atoms with Crippen LogP contribution in [0.25, 0.3) is 10.4 Å². The zero-order valence-electron chi connectivity index (χ0n) is 9.29. The van der Waals surface area contributed by atoms with Crippen LogP contribution in [0.2, 0.25) is 0 Å². The van der Waals surface area contributed by atoms with Crippen LogP contribution in [0.5, 0.6) is 0 Å². The summed E-state index contributed by atoms with van der Waals surface area (Å²) in [7, 11) is 0. The van der Waals surface area contributed by atoms with E-state index in [1.165, 1.54) is 6.07 Å². The van der Waals surface area contributed by atoms with Crippen molar-refractivity contribution < 1.29 is 4.92 Å². The predicted octanol–water partition coefficient (Wildman–Crippen LogP) is 3.34. The molecule has 0 aliphatic heterocycles. The summed E-state index contributed by atoms with van der Waals surface area (Å²) in [5.41, 5.74) is 7.80. The largest absolute Gasteiger partial charge is 0.324 e. The van der Waals surface area contributed by atoms with Crippen LogP contribution in [-0.2, 0) is 0 Å². The van der Waals surface area contributed by atoms with Crippen LogP contribution in [0.3, 0.4) is 0 Å². The Labute approximate surface area is 103 Å². The lowest BCUT2D eigenvalue weighted by Crippen LogP contribution is -2.02. The van der Waals surface area contributed by atoms with Crippen molar-refractivity contribution in [2.75, 3.05) is 0 Å². The van der Waals surface area contributed by atoms with Crippen LogP contribution in [0, 0.1) is 10.1 Å². The normalized spacial score (nSPS) is 12.4. The van der Waals surface area contributed by atoms with Gasteiger partial charge in [0.25, 0.3) is 5.69 Å². The summed E-state index contributed by atoms with van der Waals surface area (Å²) in [6.45, 7) is 1.92. The quantitative estimate of drug-likeness (QED) is 0.669. The summed E-state index contributed by atoms with van der Waals surface area (Å²) >= 11 is 1.55. The van der Waals surface area contributed by atoms with Gasteiger partial charge in [0.05, 0.1) is 4.92 Å². The lowest BCUT2D eigenvalue weighted by Gasteiger charge is -1.99. The van der Waals surface area contributed by atoms with E-state index >= 15 is 0 Å². The van der Waals surface area contributed by atoms with Crippen LogP contribution in [0.4, 0.5) is 5.69 Å². The standard InChI is InChI=1S/C12H12N2O2S/c1-8(13)10-6-12(17-7-10)9-3-2-4-11(5-9)14(15)16/h2-8H,13H2,1H3. The Morgan fingerprint density at radius 1 is 1.41 bits per heavy atom. The van der Waals surface area contributed by atoms with E-state index < -0.39 is 0 Å². The molecule has 0 saturated carbocycles. The number of nitrogens with zero attached hydrogens (tertiary/aromatic N) is 1. The van der Waals surface area contributed by atoms with E-state index in [0.717, 1.165) is 16.0 Å². The highest BCUT2D eigenvalue weighted by molar-refractivity contribution is 7.13. The first-order valence-electron chi connectivity index (χ1n) is 5.17. The van der Waals surface area contributed by atoms with Crippen molar-refractivity contribution in [1.29, 1.82) is 0 Å². The zero-order valence-corrected chi connectivity index (χ0v) is 10.1. The van der Waals surface area contributed by atoms with Gasteiger partial charge in [-0.1, -0.05) is 12.1 Å². The van der Waals surface area contributed by atoms with Gasteiger partial charge < -0.3 is 5.73 Å². The summed E-state index contributed by atoms with van der Waals surface area (Å²) in [5, 5.41) is 12.7. The van der Waals surface area contributed by atoms with E-state index in [2.05, 4.69) is 0 Å². The Kier molecular flexibility index (Phi) is 3.21. The molecule has 0 aliphatic carbocycles. The van der Waals surface area contributed by atoms with Gasteiger partial charge in [-0.25, -0.2) is 0 Å². The molecular formula is C12H12N2O2S. The van der Waals surface area contributed by atoms with Gasteiger partial charge >= 0.3 is 0 Å². The second-order valence-corrected chi connectivity index (χ2v) is 4.75. The van der Waals surface area contributed by atoms with Crippen LogP contribution >= 0.6 is 11.3 Å². The first kappa shape index (κ1) is 11.8. The average Bonchev–Trinajstić information content (AvgIpc) is 2.78. The van der Waals surface area contributed by atoms with Gasteiger partial charge in [-0.15, -0.1) is 11.3 Å². The second kappa shape index (κ2) is 4.65. The zero-order chi connectivity index (χ0) is 12.4. The molecule has 1 atom stereocenters. The monoisotopic (exact) mass is 248 g/mol. The van der Waals surface area contributed by atoms with Gasteiger partial charge in [-0.05, 0) is 29.5 Å². The van der Waals surface area contributed by atoms with E-state index in [0.29, 0.717) is 0 Å². The maximum absolute atomic E-state index is 10.7. The molecule has 17 heavy (non-hydrogen) atoms. The minimum absolute atomic E-state index is 0.0151. The molecule has 1 aromatic carbocycles. The highest BCUT2D eigenvalue weighted by atomic mass is 32.1. The molecule has 88 valence electrons. The molecule has 0 spiro atoms. The Hall–Kier alpha value is -1.72. The first-order chi connectivity index (χ1) is 8.08. The third-order valence-corrected chi connectivity index (χ3v) is 3.48. The summed E-state index contributed by atoms with van der Waals surface area (Å²) in [5.74, 6) is 0. The third-order valence-electron chi connectivity index (χ3n) is 2.49. The number of benzene rings is 1. The lowest BCUT2D eigenvalue weighted by atomic mass is 10.1. The summed E-state index contributed by atoms with van der Waals surface area (Å²) in [6, 6.07) is 8.59. The second-order valence-electron chi connectivity index (χ2n) is 3.84. The van der Waals surface area contributed by atoms with Crippen molar-refractivity contribution in [3.05, 3.63) is 51.4 Å².